The number of likely N-dealkylation sites (tertiary alicyclic amines) is 1. The number of amides is 1. The highest BCUT2D eigenvalue weighted by Crippen LogP contribution is 2.34. The minimum atomic E-state index is -0.785. The third kappa shape index (κ3) is 3.47. The molecule has 0 radical (unpaired) electrons. The van der Waals surface area contributed by atoms with Gasteiger partial charge in [0.15, 0.2) is 0 Å². The number of hydrogen-bond acceptors (Lipinski definition) is 3. The smallest absolute Gasteiger partial charge is 0.311 e. The molecular formula is C14H26N2O3. The Kier molecular flexibility index (Phi) is 5.79. The van der Waals surface area contributed by atoms with Crippen molar-refractivity contribution in [1.82, 2.24) is 4.90 Å². The minimum absolute atomic E-state index is 0.0307. The molecule has 1 amide bonds. The van der Waals surface area contributed by atoms with E-state index >= 15 is 0 Å². The van der Waals surface area contributed by atoms with Crippen molar-refractivity contribution >= 4 is 11.9 Å². The molecule has 3 N–H and O–H groups in total. The lowest BCUT2D eigenvalue weighted by Crippen LogP contribution is -2.51. The molecule has 110 valence electrons. The maximum absolute atomic E-state index is 12.4. The second-order valence-electron chi connectivity index (χ2n) is 5.52. The molecule has 0 spiro atoms. The topological polar surface area (TPSA) is 83.6 Å². The van der Waals surface area contributed by atoms with Gasteiger partial charge in [-0.15, -0.1) is 0 Å². The fourth-order valence-corrected chi connectivity index (χ4v) is 2.88. The lowest BCUT2D eigenvalue weighted by molar-refractivity contribution is -0.156. The van der Waals surface area contributed by atoms with Crippen LogP contribution in [0, 0.1) is 11.3 Å². The normalized spacial score (nSPS) is 25.1. The average molecular weight is 270 g/mol. The maximum atomic E-state index is 12.4. The summed E-state index contributed by atoms with van der Waals surface area (Å²) < 4.78 is 0. The van der Waals surface area contributed by atoms with Crippen LogP contribution < -0.4 is 5.73 Å². The van der Waals surface area contributed by atoms with Crippen LogP contribution in [0.3, 0.4) is 0 Å². The molecule has 5 heteroatoms. The number of carboxylic acid groups (broad SMARTS) is 1. The summed E-state index contributed by atoms with van der Waals surface area (Å²) in [4.78, 5) is 25.6. The van der Waals surface area contributed by atoms with E-state index in [9.17, 15) is 14.7 Å². The van der Waals surface area contributed by atoms with Crippen LogP contribution in [0.1, 0.15) is 46.0 Å². The number of hydrogen-bond donors (Lipinski definition) is 2. The van der Waals surface area contributed by atoms with Gasteiger partial charge in [0, 0.05) is 19.6 Å². The number of aliphatic carboxylic acids is 1. The molecule has 0 aromatic heterocycles. The highest BCUT2D eigenvalue weighted by molar-refractivity contribution is 5.81. The Balaban J connectivity index is 2.78. The largest absolute Gasteiger partial charge is 0.481 e. The van der Waals surface area contributed by atoms with E-state index in [1.165, 1.54) is 0 Å². The SMILES string of the molecule is CCCC(CN)C(=O)N1CCCC(CC)(C(=O)O)C1. The van der Waals surface area contributed by atoms with Crippen LogP contribution in [0.25, 0.3) is 0 Å². The third-order valence-corrected chi connectivity index (χ3v) is 4.29. The molecule has 1 fully saturated rings. The monoisotopic (exact) mass is 270 g/mol. The van der Waals surface area contributed by atoms with Crippen molar-refractivity contribution in [3.05, 3.63) is 0 Å². The van der Waals surface area contributed by atoms with E-state index in [-0.39, 0.29) is 11.8 Å². The molecular weight excluding hydrogens is 244 g/mol. The van der Waals surface area contributed by atoms with E-state index in [1.54, 1.807) is 4.90 Å². The molecule has 0 aliphatic carbocycles. The van der Waals surface area contributed by atoms with Crippen molar-refractivity contribution < 1.29 is 14.7 Å². The molecule has 1 aliphatic heterocycles. The van der Waals surface area contributed by atoms with Gasteiger partial charge >= 0.3 is 5.97 Å². The minimum Gasteiger partial charge on any atom is -0.481 e. The third-order valence-electron chi connectivity index (χ3n) is 4.29. The summed E-state index contributed by atoms with van der Waals surface area (Å²) in [6.45, 7) is 5.25. The number of carboxylic acids is 1. The average Bonchev–Trinajstić information content (AvgIpc) is 2.43. The fourth-order valence-electron chi connectivity index (χ4n) is 2.88. The zero-order valence-corrected chi connectivity index (χ0v) is 12.0. The zero-order valence-electron chi connectivity index (χ0n) is 12.0. The Labute approximate surface area is 115 Å². The number of carbonyl (C=O) groups excluding carboxylic acids is 1. The van der Waals surface area contributed by atoms with Crippen molar-refractivity contribution in [2.75, 3.05) is 19.6 Å². The van der Waals surface area contributed by atoms with E-state index < -0.39 is 11.4 Å². The van der Waals surface area contributed by atoms with Crippen molar-refractivity contribution in [2.24, 2.45) is 17.1 Å². The summed E-state index contributed by atoms with van der Waals surface area (Å²) >= 11 is 0. The van der Waals surface area contributed by atoms with Gasteiger partial charge in [-0.25, -0.2) is 0 Å². The summed E-state index contributed by atoms with van der Waals surface area (Å²) in [6.07, 6.45) is 3.67. The highest BCUT2D eigenvalue weighted by Gasteiger charge is 2.42. The summed E-state index contributed by atoms with van der Waals surface area (Å²) in [7, 11) is 0. The van der Waals surface area contributed by atoms with Gasteiger partial charge in [0.1, 0.15) is 0 Å². The number of piperidine rings is 1. The zero-order chi connectivity index (χ0) is 14.5. The van der Waals surface area contributed by atoms with Gasteiger partial charge in [0.25, 0.3) is 0 Å². The van der Waals surface area contributed by atoms with Gasteiger partial charge in [0.05, 0.1) is 11.3 Å². The van der Waals surface area contributed by atoms with Gasteiger partial charge in [-0.3, -0.25) is 9.59 Å². The molecule has 5 nitrogen and oxygen atoms in total. The molecule has 1 saturated heterocycles. The van der Waals surface area contributed by atoms with Gasteiger partial charge in [-0.1, -0.05) is 20.3 Å². The predicted molar refractivity (Wildman–Crippen MR) is 73.6 cm³/mol. The molecule has 2 atom stereocenters. The van der Waals surface area contributed by atoms with Gasteiger partial charge < -0.3 is 15.7 Å². The Morgan fingerprint density at radius 3 is 2.58 bits per heavy atom. The Hall–Kier alpha value is -1.10. The molecule has 2 unspecified atom stereocenters. The van der Waals surface area contributed by atoms with Gasteiger partial charge in [0.2, 0.25) is 5.91 Å². The van der Waals surface area contributed by atoms with Crippen LogP contribution >= 0.6 is 0 Å². The van der Waals surface area contributed by atoms with Crippen LogP contribution in [0.15, 0.2) is 0 Å². The van der Waals surface area contributed by atoms with E-state index in [4.69, 9.17) is 5.73 Å². The fraction of sp³-hybridized carbons (Fsp3) is 0.857. The van der Waals surface area contributed by atoms with Crippen LogP contribution in [0.5, 0.6) is 0 Å². The maximum Gasteiger partial charge on any atom is 0.311 e. The predicted octanol–water partition coefficient (Wildman–Crippen LogP) is 1.46. The first-order valence-corrected chi connectivity index (χ1v) is 7.23. The standard InChI is InChI=1S/C14H26N2O3/c1-3-6-11(9-15)12(17)16-8-5-7-14(4-2,10-16)13(18)19/h11H,3-10,15H2,1-2H3,(H,18,19). The molecule has 0 aromatic rings. The number of carbonyl (C=O) groups is 2. The summed E-state index contributed by atoms with van der Waals surface area (Å²) in [5.74, 6) is -0.915. The van der Waals surface area contributed by atoms with Gasteiger partial charge in [-0.05, 0) is 25.7 Å². The summed E-state index contributed by atoms with van der Waals surface area (Å²) in [5.41, 5.74) is 4.90. The number of nitrogens with two attached hydrogens (primary N) is 1. The van der Waals surface area contributed by atoms with Crippen molar-refractivity contribution in [2.45, 2.75) is 46.0 Å². The molecule has 0 aromatic carbocycles. The Bertz CT molecular complexity index is 333. The van der Waals surface area contributed by atoms with E-state index in [1.807, 2.05) is 13.8 Å². The number of nitrogens with zero attached hydrogens (tertiary/aromatic N) is 1. The second kappa shape index (κ2) is 6.89. The van der Waals surface area contributed by atoms with Crippen LogP contribution in [-0.4, -0.2) is 41.5 Å². The van der Waals surface area contributed by atoms with Gasteiger partial charge in [-0.2, -0.15) is 0 Å². The van der Waals surface area contributed by atoms with Crippen molar-refractivity contribution in [3.8, 4) is 0 Å². The van der Waals surface area contributed by atoms with E-state index in [0.717, 1.165) is 19.3 Å². The first kappa shape index (κ1) is 16.0. The first-order chi connectivity index (χ1) is 9.00. The lowest BCUT2D eigenvalue weighted by atomic mass is 9.77. The molecule has 1 heterocycles. The Morgan fingerprint density at radius 2 is 2.11 bits per heavy atom. The molecule has 0 saturated carbocycles. The van der Waals surface area contributed by atoms with E-state index in [2.05, 4.69) is 0 Å². The quantitative estimate of drug-likeness (QED) is 0.765. The Morgan fingerprint density at radius 1 is 1.42 bits per heavy atom. The molecule has 0 bridgehead atoms. The summed E-state index contributed by atoms with van der Waals surface area (Å²) in [6, 6.07) is 0. The van der Waals surface area contributed by atoms with Crippen molar-refractivity contribution in [3.63, 3.8) is 0 Å². The number of rotatable bonds is 6. The van der Waals surface area contributed by atoms with Crippen LogP contribution in [0.4, 0.5) is 0 Å². The first-order valence-electron chi connectivity index (χ1n) is 7.23. The van der Waals surface area contributed by atoms with E-state index in [0.29, 0.717) is 32.5 Å². The van der Waals surface area contributed by atoms with Crippen molar-refractivity contribution in [1.29, 1.82) is 0 Å². The second-order valence-corrected chi connectivity index (χ2v) is 5.52. The summed E-state index contributed by atoms with van der Waals surface area (Å²) in [5, 5.41) is 9.42. The van der Waals surface area contributed by atoms with Crippen LogP contribution in [0.2, 0.25) is 0 Å². The molecule has 19 heavy (non-hydrogen) atoms. The van der Waals surface area contributed by atoms with Crippen LogP contribution in [-0.2, 0) is 9.59 Å². The lowest BCUT2D eigenvalue weighted by Gasteiger charge is -2.40. The highest BCUT2D eigenvalue weighted by atomic mass is 16.4. The molecule has 1 aliphatic rings. The molecule has 1 rings (SSSR count).